The van der Waals surface area contributed by atoms with Crippen LogP contribution in [0.3, 0.4) is 0 Å². The average molecular weight is 352 g/mol. The van der Waals surface area contributed by atoms with Gasteiger partial charge in [-0.1, -0.05) is 17.3 Å². The summed E-state index contributed by atoms with van der Waals surface area (Å²) in [6, 6.07) is 12.4. The summed E-state index contributed by atoms with van der Waals surface area (Å²) in [6.07, 6.45) is 1.57. The molecule has 0 saturated carbocycles. The van der Waals surface area contributed by atoms with Crippen molar-refractivity contribution in [3.8, 4) is 5.75 Å². The molecule has 2 aromatic heterocycles. The summed E-state index contributed by atoms with van der Waals surface area (Å²) in [7, 11) is 0. The summed E-state index contributed by atoms with van der Waals surface area (Å²) in [5.41, 5.74) is 1.08. The highest BCUT2D eigenvalue weighted by Gasteiger charge is 2.12. The molecule has 0 aliphatic heterocycles. The number of carbonyl (C=O) groups is 1. The van der Waals surface area contributed by atoms with E-state index in [1.807, 2.05) is 32.0 Å². The Bertz CT molecular complexity index is 905. The molecule has 0 aliphatic carbocycles. The summed E-state index contributed by atoms with van der Waals surface area (Å²) in [4.78, 5) is 16.8. The Kier molecular flexibility index (Phi) is 5.17. The third-order valence-electron chi connectivity index (χ3n) is 3.40. The van der Waals surface area contributed by atoms with E-state index in [1.165, 1.54) is 0 Å². The highest BCUT2D eigenvalue weighted by molar-refractivity contribution is 6.05. The molecule has 1 amide bonds. The lowest BCUT2D eigenvalue weighted by Gasteiger charge is -2.15. The maximum absolute atomic E-state index is 12.6. The lowest BCUT2D eigenvalue weighted by atomic mass is 10.2. The smallest absolute Gasteiger partial charge is 0.255 e. The van der Waals surface area contributed by atoms with E-state index in [1.54, 1.807) is 37.4 Å². The van der Waals surface area contributed by atoms with Crippen LogP contribution in [0.2, 0.25) is 0 Å². The molecular formula is C19H20N4O3. The van der Waals surface area contributed by atoms with Gasteiger partial charge < -0.3 is 19.9 Å². The van der Waals surface area contributed by atoms with Gasteiger partial charge in [-0.15, -0.1) is 0 Å². The zero-order chi connectivity index (χ0) is 18.5. The lowest BCUT2D eigenvalue weighted by Crippen LogP contribution is -2.14. The molecule has 2 heterocycles. The zero-order valence-corrected chi connectivity index (χ0v) is 14.8. The van der Waals surface area contributed by atoms with Gasteiger partial charge in [-0.05, 0) is 45.0 Å². The molecule has 26 heavy (non-hydrogen) atoms. The molecule has 0 fully saturated rings. The fourth-order valence-corrected chi connectivity index (χ4v) is 2.32. The number of nitrogens with zero attached hydrogens (tertiary/aromatic N) is 2. The van der Waals surface area contributed by atoms with E-state index >= 15 is 0 Å². The second kappa shape index (κ2) is 7.69. The third kappa shape index (κ3) is 4.38. The van der Waals surface area contributed by atoms with Crippen molar-refractivity contribution in [3.63, 3.8) is 0 Å². The van der Waals surface area contributed by atoms with Crippen molar-refractivity contribution in [2.45, 2.75) is 26.9 Å². The molecule has 3 aromatic rings. The molecule has 0 radical (unpaired) electrons. The number of nitrogens with one attached hydrogen (secondary N) is 2. The van der Waals surface area contributed by atoms with E-state index < -0.39 is 0 Å². The number of aromatic nitrogens is 2. The minimum Gasteiger partial charge on any atom is -0.489 e. The van der Waals surface area contributed by atoms with Crippen molar-refractivity contribution in [2.75, 3.05) is 10.6 Å². The van der Waals surface area contributed by atoms with E-state index in [4.69, 9.17) is 9.26 Å². The minimum atomic E-state index is -0.258. The maximum atomic E-state index is 12.6. The van der Waals surface area contributed by atoms with E-state index in [0.717, 1.165) is 0 Å². The molecule has 0 bridgehead atoms. The SMILES string of the molecule is Cc1cc(Nc2cc(C(=O)Nc3ccccc3OC(C)C)ccn2)no1. The van der Waals surface area contributed by atoms with Crippen molar-refractivity contribution in [2.24, 2.45) is 0 Å². The first-order chi connectivity index (χ1) is 12.5. The molecule has 0 unspecified atom stereocenters. The number of aryl methyl sites for hydroxylation is 1. The Balaban J connectivity index is 1.75. The van der Waals surface area contributed by atoms with Crippen molar-refractivity contribution in [1.29, 1.82) is 0 Å². The standard InChI is InChI=1S/C19H20N4O3/c1-12(2)25-16-7-5-4-6-15(16)21-19(24)14-8-9-20-17(11-14)22-18-10-13(3)26-23-18/h4-12H,1-3H3,(H,21,24)(H,20,22,23). The number of para-hydroxylation sites is 2. The molecule has 134 valence electrons. The first-order valence-electron chi connectivity index (χ1n) is 8.24. The fourth-order valence-electron chi connectivity index (χ4n) is 2.32. The van der Waals surface area contributed by atoms with Gasteiger partial charge >= 0.3 is 0 Å². The van der Waals surface area contributed by atoms with Crippen molar-refractivity contribution >= 4 is 23.2 Å². The summed E-state index contributed by atoms with van der Waals surface area (Å²) in [5, 5.41) is 9.72. The Morgan fingerprint density at radius 3 is 2.69 bits per heavy atom. The van der Waals surface area contributed by atoms with E-state index in [2.05, 4.69) is 20.8 Å². The highest BCUT2D eigenvalue weighted by Crippen LogP contribution is 2.25. The largest absolute Gasteiger partial charge is 0.489 e. The van der Waals surface area contributed by atoms with E-state index in [-0.39, 0.29) is 12.0 Å². The van der Waals surface area contributed by atoms with E-state index in [0.29, 0.717) is 34.4 Å². The van der Waals surface area contributed by atoms with Crippen LogP contribution in [0.15, 0.2) is 53.2 Å². The fraction of sp³-hybridized carbons (Fsp3) is 0.211. The van der Waals surface area contributed by atoms with Gasteiger partial charge in [0.1, 0.15) is 17.3 Å². The Morgan fingerprint density at radius 2 is 1.96 bits per heavy atom. The summed E-state index contributed by atoms with van der Waals surface area (Å²) >= 11 is 0. The van der Waals surface area contributed by atoms with Crippen LogP contribution < -0.4 is 15.4 Å². The Morgan fingerprint density at radius 1 is 1.15 bits per heavy atom. The topological polar surface area (TPSA) is 89.3 Å². The van der Waals surface area contributed by atoms with Crippen LogP contribution >= 0.6 is 0 Å². The quantitative estimate of drug-likeness (QED) is 0.692. The molecule has 0 atom stereocenters. The minimum absolute atomic E-state index is 0.00990. The Hall–Kier alpha value is -3.35. The number of carbonyl (C=O) groups excluding carboxylic acids is 1. The van der Waals surface area contributed by atoms with Crippen molar-refractivity contribution in [1.82, 2.24) is 10.1 Å². The van der Waals surface area contributed by atoms with Crippen LogP contribution in [0.1, 0.15) is 30.0 Å². The zero-order valence-electron chi connectivity index (χ0n) is 14.8. The first kappa shape index (κ1) is 17.5. The third-order valence-corrected chi connectivity index (χ3v) is 3.40. The monoisotopic (exact) mass is 352 g/mol. The van der Waals surface area contributed by atoms with Crippen LogP contribution in [0, 0.1) is 6.92 Å². The predicted octanol–water partition coefficient (Wildman–Crippen LogP) is 4.16. The average Bonchev–Trinajstić information content (AvgIpc) is 3.01. The normalized spacial score (nSPS) is 10.6. The van der Waals surface area contributed by atoms with Crippen molar-refractivity contribution in [3.05, 3.63) is 60.0 Å². The van der Waals surface area contributed by atoms with Gasteiger partial charge in [0.25, 0.3) is 5.91 Å². The molecule has 3 rings (SSSR count). The molecule has 7 heteroatoms. The van der Waals surface area contributed by atoms with Gasteiger partial charge in [-0.25, -0.2) is 4.98 Å². The number of anilines is 3. The number of amides is 1. The Labute approximate surface area is 151 Å². The first-order valence-corrected chi connectivity index (χ1v) is 8.24. The summed E-state index contributed by atoms with van der Waals surface area (Å²) < 4.78 is 10.7. The second-order valence-corrected chi connectivity index (χ2v) is 5.99. The van der Waals surface area contributed by atoms with Gasteiger partial charge in [-0.2, -0.15) is 0 Å². The lowest BCUT2D eigenvalue weighted by molar-refractivity contribution is 0.102. The van der Waals surface area contributed by atoms with Crippen LogP contribution in [-0.4, -0.2) is 22.2 Å². The molecular weight excluding hydrogens is 332 g/mol. The molecule has 1 aromatic carbocycles. The van der Waals surface area contributed by atoms with Gasteiger partial charge in [0.05, 0.1) is 11.8 Å². The molecule has 0 saturated heterocycles. The van der Waals surface area contributed by atoms with Crippen LogP contribution in [0.5, 0.6) is 5.75 Å². The van der Waals surface area contributed by atoms with Gasteiger partial charge in [0, 0.05) is 17.8 Å². The second-order valence-electron chi connectivity index (χ2n) is 5.99. The number of pyridine rings is 1. The molecule has 2 N–H and O–H groups in total. The van der Waals surface area contributed by atoms with Crippen LogP contribution in [-0.2, 0) is 0 Å². The van der Waals surface area contributed by atoms with Crippen LogP contribution in [0.4, 0.5) is 17.3 Å². The highest BCUT2D eigenvalue weighted by atomic mass is 16.5. The maximum Gasteiger partial charge on any atom is 0.255 e. The van der Waals surface area contributed by atoms with Gasteiger partial charge in [0.2, 0.25) is 0 Å². The number of benzene rings is 1. The summed E-state index contributed by atoms with van der Waals surface area (Å²) in [5.74, 6) is 2.08. The number of hydrogen-bond donors (Lipinski definition) is 2. The number of hydrogen-bond acceptors (Lipinski definition) is 6. The number of rotatable bonds is 6. The van der Waals surface area contributed by atoms with Gasteiger partial charge in [0.15, 0.2) is 5.82 Å². The van der Waals surface area contributed by atoms with Gasteiger partial charge in [-0.3, -0.25) is 4.79 Å². The van der Waals surface area contributed by atoms with Crippen molar-refractivity contribution < 1.29 is 14.1 Å². The van der Waals surface area contributed by atoms with E-state index in [9.17, 15) is 4.79 Å². The molecule has 0 spiro atoms. The number of ether oxygens (including phenoxy) is 1. The predicted molar refractivity (Wildman–Crippen MR) is 98.9 cm³/mol. The molecule has 0 aliphatic rings. The summed E-state index contributed by atoms with van der Waals surface area (Å²) in [6.45, 7) is 5.67. The molecule has 7 nitrogen and oxygen atoms in total. The van der Waals surface area contributed by atoms with Crippen LogP contribution in [0.25, 0.3) is 0 Å².